The minimum atomic E-state index is -3.85. The lowest BCUT2D eigenvalue weighted by atomic mass is 10.1. The summed E-state index contributed by atoms with van der Waals surface area (Å²) in [5, 5.41) is 13.6. The molecule has 1 amide bonds. The van der Waals surface area contributed by atoms with E-state index in [1.54, 1.807) is 6.92 Å². The second-order valence-corrected chi connectivity index (χ2v) is 7.26. The lowest BCUT2D eigenvalue weighted by molar-refractivity contribution is -0.385. The largest absolute Gasteiger partial charge is 0.495 e. The van der Waals surface area contributed by atoms with E-state index in [4.69, 9.17) is 4.74 Å². The Labute approximate surface area is 156 Å². The van der Waals surface area contributed by atoms with Crippen molar-refractivity contribution in [2.45, 2.75) is 18.7 Å². The monoisotopic (exact) mass is 393 g/mol. The molecule has 2 aromatic carbocycles. The number of ether oxygens (including phenoxy) is 1. The molecule has 2 N–H and O–H groups in total. The van der Waals surface area contributed by atoms with E-state index >= 15 is 0 Å². The molecule has 2 rings (SSSR count). The van der Waals surface area contributed by atoms with Crippen LogP contribution in [0.4, 0.5) is 11.4 Å². The number of hydrogen-bond donors (Lipinski definition) is 2. The quantitative estimate of drug-likeness (QED) is 0.549. The molecule has 27 heavy (non-hydrogen) atoms. The number of carbonyl (C=O) groups excluding carboxylic acids is 1. The molecule has 0 atom stereocenters. The van der Waals surface area contributed by atoms with Crippen LogP contribution in [-0.2, 0) is 10.0 Å². The van der Waals surface area contributed by atoms with Crippen LogP contribution in [0.5, 0.6) is 5.75 Å². The molecule has 0 unspecified atom stereocenters. The molecule has 2 aromatic rings. The SMILES string of the molecule is CCNS(=O)(=O)c1cc(C(=O)Nc2cccc([N+](=O)[O-])c2C)ccc1OC. The minimum absolute atomic E-state index is 0.0678. The summed E-state index contributed by atoms with van der Waals surface area (Å²) >= 11 is 0. The van der Waals surface area contributed by atoms with Gasteiger partial charge in [-0.1, -0.05) is 13.0 Å². The molecule has 0 bridgehead atoms. The first-order valence-electron chi connectivity index (χ1n) is 7.94. The van der Waals surface area contributed by atoms with Crippen LogP contribution < -0.4 is 14.8 Å². The Hall–Kier alpha value is -2.98. The van der Waals surface area contributed by atoms with Crippen LogP contribution >= 0.6 is 0 Å². The van der Waals surface area contributed by atoms with Crippen molar-refractivity contribution >= 4 is 27.3 Å². The van der Waals surface area contributed by atoms with E-state index in [1.165, 1.54) is 50.4 Å². The zero-order valence-corrected chi connectivity index (χ0v) is 15.8. The summed E-state index contributed by atoms with van der Waals surface area (Å²) in [7, 11) is -2.53. The van der Waals surface area contributed by atoms with Crippen molar-refractivity contribution in [2.24, 2.45) is 0 Å². The highest BCUT2D eigenvalue weighted by Gasteiger charge is 2.22. The Morgan fingerprint density at radius 1 is 1.26 bits per heavy atom. The van der Waals surface area contributed by atoms with E-state index in [9.17, 15) is 23.3 Å². The smallest absolute Gasteiger partial charge is 0.274 e. The molecular weight excluding hydrogens is 374 g/mol. The number of nitro benzene ring substituents is 1. The summed E-state index contributed by atoms with van der Waals surface area (Å²) in [6.45, 7) is 3.32. The number of nitro groups is 1. The molecule has 0 heterocycles. The number of benzene rings is 2. The van der Waals surface area contributed by atoms with Crippen LogP contribution in [0.2, 0.25) is 0 Å². The van der Waals surface area contributed by atoms with Crippen LogP contribution in [0, 0.1) is 17.0 Å². The van der Waals surface area contributed by atoms with Gasteiger partial charge in [0.05, 0.1) is 23.3 Å². The molecule has 0 aromatic heterocycles. The highest BCUT2D eigenvalue weighted by Crippen LogP contribution is 2.27. The molecule has 144 valence electrons. The predicted molar refractivity (Wildman–Crippen MR) is 99.6 cm³/mol. The second kappa shape index (κ2) is 8.14. The minimum Gasteiger partial charge on any atom is -0.495 e. The lowest BCUT2D eigenvalue weighted by Gasteiger charge is -2.12. The first-order chi connectivity index (χ1) is 12.7. The van der Waals surface area contributed by atoms with Crippen molar-refractivity contribution in [2.75, 3.05) is 19.0 Å². The van der Waals surface area contributed by atoms with Gasteiger partial charge in [0.1, 0.15) is 10.6 Å². The average Bonchev–Trinajstić information content (AvgIpc) is 2.62. The van der Waals surface area contributed by atoms with Crippen LogP contribution in [0.3, 0.4) is 0 Å². The third kappa shape index (κ3) is 4.41. The van der Waals surface area contributed by atoms with Gasteiger partial charge in [0, 0.05) is 18.2 Å². The van der Waals surface area contributed by atoms with Gasteiger partial charge < -0.3 is 10.1 Å². The van der Waals surface area contributed by atoms with Crippen molar-refractivity contribution < 1.29 is 22.9 Å². The van der Waals surface area contributed by atoms with Gasteiger partial charge in [-0.2, -0.15) is 0 Å². The van der Waals surface area contributed by atoms with Gasteiger partial charge in [-0.05, 0) is 31.2 Å². The third-order valence-corrected chi connectivity index (χ3v) is 5.37. The molecule has 0 radical (unpaired) electrons. The maximum absolute atomic E-state index is 12.5. The molecule has 0 spiro atoms. The van der Waals surface area contributed by atoms with Gasteiger partial charge in [-0.3, -0.25) is 14.9 Å². The normalized spacial score (nSPS) is 11.1. The Morgan fingerprint density at radius 3 is 2.56 bits per heavy atom. The molecule has 0 fully saturated rings. The van der Waals surface area contributed by atoms with Gasteiger partial charge in [0.2, 0.25) is 10.0 Å². The van der Waals surface area contributed by atoms with Gasteiger partial charge in [0.25, 0.3) is 11.6 Å². The zero-order valence-electron chi connectivity index (χ0n) is 15.0. The highest BCUT2D eigenvalue weighted by atomic mass is 32.2. The molecule has 9 nitrogen and oxygen atoms in total. The van der Waals surface area contributed by atoms with E-state index in [0.29, 0.717) is 5.56 Å². The van der Waals surface area contributed by atoms with Crippen molar-refractivity contribution in [3.8, 4) is 5.75 Å². The van der Waals surface area contributed by atoms with Crippen LogP contribution in [0.1, 0.15) is 22.8 Å². The maximum Gasteiger partial charge on any atom is 0.274 e. The molecule has 0 aliphatic heterocycles. The van der Waals surface area contributed by atoms with Gasteiger partial charge in [0.15, 0.2) is 0 Å². The molecule has 0 saturated carbocycles. The van der Waals surface area contributed by atoms with Crippen molar-refractivity contribution in [1.82, 2.24) is 4.72 Å². The summed E-state index contributed by atoms with van der Waals surface area (Å²) in [6, 6.07) is 8.29. The summed E-state index contributed by atoms with van der Waals surface area (Å²) < 4.78 is 32.1. The fourth-order valence-corrected chi connectivity index (χ4v) is 3.68. The fourth-order valence-electron chi connectivity index (χ4n) is 2.45. The van der Waals surface area contributed by atoms with Gasteiger partial charge >= 0.3 is 0 Å². The fraction of sp³-hybridized carbons (Fsp3) is 0.235. The first-order valence-corrected chi connectivity index (χ1v) is 9.42. The Bertz CT molecular complexity index is 988. The number of nitrogens with one attached hydrogen (secondary N) is 2. The summed E-state index contributed by atoms with van der Waals surface area (Å²) in [5.41, 5.74) is 0.502. The topological polar surface area (TPSA) is 128 Å². The number of carbonyl (C=O) groups is 1. The Kier molecular flexibility index (Phi) is 6.13. The number of anilines is 1. The number of sulfonamides is 1. The Morgan fingerprint density at radius 2 is 1.96 bits per heavy atom. The maximum atomic E-state index is 12.5. The predicted octanol–water partition coefficient (Wildman–Crippen LogP) is 2.46. The van der Waals surface area contributed by atoms with Crippen LogP contribution in [-0.4, -0.2) is 32.9 Å². The first kappa shape index (κ1) is 20.3. The highest BCUT2D eigenvalue weighted by molar-refractivity contribution is 7.89. The summed E-state index contributed by atoms with van der Waals surface area (Å²) in [4.78, 5) is 22.9. The Balaban J connectivity index is 2.41. The van der Waals surface area contributed by atoms with Gasteiger partial charge in [-0.25, -0.2) is 13.1 Å². The molecule has 0 aliphatic carbocycles. The van der Waals surface area contributed by atoms with E-state index in [1.807, 2.05) is 0 Å². The average molecular weight is 393 g/mol. The van der Waals surface area contributed by atoms with Crippen molar-refractivity contribution in [1.29, 1.82) is 0 Å². The number of hydrogen-bond acceptors (Lipinski definition) is 6. The van der Waals surface area contributed by atoms with Crippen LogP contribution in [0.15, 0.2) is 41.3 Å². The number of rotatable bonds is 7. The van der Waals surface area contributed by atoms with Crippen molar-refractivity contribution in [3.05, 3.63) is 57.6 Å². The molecule has 10 heteroatoms. The number of nitrogens with zero attached hydrogens (tertiary/aromatic N) is 1. The van der Waals surface area contributed by atoms with E-state index in [0.717, 1.165) is 0 Å². The van der Waals surface area contributed by atoms with E-state index < -0.39 is 20.9 Å². The summed E-state index contributed by atoms with van der Waals surface area (Å²) in [6.07, 6.45) is 0. The molecule has 0 aliphatic rings. The molecular formula is C17H19N3O6S. The molecule has 0 saturated heterocycles. The lowest BCUT2D eigenvalue weighted by Crippen LogP contribution is -2.24. The van der Waals surface area contributed by atoms with E-state index in [2.05, 4.69) is 10.0 Å². The second-order valence-electron chi connectivity index (χ2n) is 5.53. The zero-order chi connectivity index (χ0) is 20.2. The number of methoxy groups -OCH3 is 1. The van der Waals surface area contributed by atoms with E-state index in [-0.39, 0.29) is 34.1 Å². The van der Waals surface area contributed by atoms with Crippen LogP contribution in [0.25, 0.3) is 0 Å². The van der Waals surface area contributed by atoms with Gasteiger partial charge in [-0.15, -0.1) is 0 Å². The summed E-state index contributed by atoms with van der Waals surface area (Å²) in [5.74, 6) is -0.506. The third-order valence-electron chi connectivity index (χ3n) is 3.80. The van der Waals surface area contributed by atoms with Crippen molar-refractivity contribution in [3.63, 3.8) is 0 Å². The standard InChI is InChI=1S/C17H19N3O6S/c1-4-18-27(24,25)16-10-12(8-9-15(16)26-3)17(21)19-13-6-5-7-14(11(13)2)20(22)23/h5-10,18H,4H2,1-3H3,(H,19,21). The number of amides is 1.